The van der Waals surface area contributed by atoms with Crippen molar-refractivity contribution in [1.82, 2.24) is 10.1 Å². The molecule has 0 aliphatic heterocycles. The predicted molar refractivity (Wildman–Crippen MR) is 77.0 cm³/mol. The molecule has 124 valence electrons. The maximum absolute atomic E-state index is 13.8. The number of methoxy groups -OCH3 is 1. The molecule has 1 aromatic carbocycles. The van der Waals surface area contributed by atoms with Crippen LogP contribution < -0.4 is 5.32 Å². The normalized spacial score (nSPS) is 10.6. The van der Waals surface area contributed by atoms with Crippen LogP contribution in [0.1, 0.15) is 16.2 Å². The minimum atomic E-state index is -1.01. The van der Waals surface area contributed by atoms with Gasteiger partial charge in [-0.15, -0.1) is 0 Å². The van der Waals surface area contributed by atoms with Gasteiger partial charge in [-0.1, -0.05) is 5.16 Å². The van der Waals surface area contributed by atoms with Crippen molar-refractivity contribution >= 4 is 11.7 Å². The van der Waals surface area contributed by atoms with E-state index in [0.717, 1.165) is 13.2 Å². The fourth-order valence-electron chi connectivity index (χ4n) is 1.95. The van der Waals surface area contributed by atoms with E-state index < -0.39 is 17.6 Å². The first-order chi connectivity index (χ1) is 11.6. The number of carbonyl (C=O) groups is 1. The molecule has 0 radical (unpaired) electrons. The molecule has 2 heterocycles. The van der Waals surface area contributed by atoms with Gasteiger partial charge in [-0.2, -0.15) is 4.98 Å². The minimum Gasteiger partial charge on any atom is -0.465 e. The standard InChI is InChI=1S/C15H11F2N3O4/c1-22-15(21)8-5-11(10(17)6-9(8)16)18-7-13-19-14(20-24-13)12-3-2-4-23-12/h2-6,18H,7H2,1H3. The number of anilines is 1. The van der Waals surface area contributed by atoms with E-state index in [2.05, 4.69) is 20.2 Å². The lowest BCUT2D eigenvalue weighted by atomic mass is 10.1. The molecule has 0 bridgehead atoms. The van der Waals surface area contributed by atoms with Crippen molar-refractivity contribution in [3.8, 4) is 11.6 Å². The molecule has 0 unspecified atom stereocenters. The van der Waals surface area contributed by atoms with Gasteiger partial charge in [0.2, 0.25) is 11.7 Å². The Hall–Kier alpha value is -3.23. The molecule has 0 atom stereocenters. The van der Waals surface area contributed by atoms with E-state index in [4.69, 9.17) is 8.94 Å². The summed E-state index contributed by atoms with van der Waals surface area (Å²) in [5, 5.41) is 6.38. The lowest BCUT2D eigenvalue weighted by Gasteiger charge is -2.08. The van der Waals surface area contributed by atoms with Crippen molar-refractivity contribution in [3.63, 3.8) is 0 Å². The van der Waals surface area contributed by atoms with Gasteiger partial charge in [0.15, 0.2) is 5.76 Å². The SMILES string of the molecule is COC(=O)c1cc(NCc2nc(-c3ccco3)no2)c(F)cc1F. The van der Waals surface area contributed by atoms with Crippen LogP contribution in [0.2, 0.25) is 0 Å². The molecular weight excluding hydrogens is 324 g/mol. The highest BCUT2D eigenvalue weighted by atomic mass is 19.1. The Balaban J connectivity index is 1.76. The smallest absolute Gasteiger partial charge is 0.340 e. The zero-order chi connectivity index (χ0) is 17.1. The molecule has 0 saturated heterocycles. The largest absolute Gasteiger partial charge is 0.465 e. The first kappa shape index (κ1) is 15.7. The summed E-state index contributed by atoms with van der Waals surface area (Å²) in [6, 6.07) is 4.94. The van der Waals surface area contributed by atoms with E-state index in [1.54, 1.807) is 12.1 Å². The molecule has 3 rings (SSSR count). The van der Waals surface area contributed by atoms with Gasteiger partial charge >= 0.3 is 5.97 Å². The Morgan fingerprint density at radius 1 is 1.33 bits per heavy atom. The van der Waals surface area contributed by atoms with Crippen LogP contribution in [0.3, 0.4) is 0 Å². The molecule has 7 nitrogen and oxygen atoms in total. The van der Waals surface area contributed by atoms with E-state index in [9.17, 15) is 13.6 Å². The van der Waals surface area contributed by atoms with Gasteiger partial charge in [-0.05, 0) is 18.2 Å². The van der Waals surface area contributed by atoms with Crippen molar-refractivity contribution in [1.29, 1.82) is 0 Å². The molecule has 0 spiro atoms. The van der Waals surface area contributed by atoms with Crippen molar-refractivity contribution in [2.45, 2.75) is 6.54 Å². The van der Waals surface area contributed by atoms with Gasteiger partial charge in [-0.3, -0.25) is 0 Å². The van der Waals surface area contributed by atoms with Crippen molar-refractivity contribution in [2.24, 2.45) is 0 Å². The molecule has 0 aliphatic carbocycles. The number of rotatable bonds is 5. The Morgan fingerprint density at radius 2 is 2.17 bits per heavy atom. The monoisotopic (exact) mass is 335 g/mol. The highest BCUT2D eigenvalue weighted by molar-refractivity contribution is 5.90. The number of carbonyl (C=O) groups excluding carboxylic acids is 1. The van der Waals surface area contributed by atoms with Crippen molar-refractivity contribution in [3.05, 3.63) is 53.6 Å². The summed E-state index contributed by atoms with van der Waals surface area (Å²) in [5.41, 5.74) is -0.488. The van der Waals surface area contributed by atoms with E-state index in [0.29, 0.717) is 11.8 Å². The van der Waals surface area contributed by atoms with Gasteiger partial charge in [0.1, 0.15) is 11.6 Å². The number of hydrogen-bond acceptors (Lipinski definition) is 7. The van der Waals surface area contributed by atoms with Crippen LogP contribution in [0.5, 0.6) is 0 Å². The highest BCUT2D eigenvalue weighted by Gasteiger charge is 2.17. The Morgan fingerprint density at radius 3 is 2.88 bits per heavy atom. The first-order valence-electron chi connectivity index (χ1n) is 6.76. The number of esters is 1. The van der Waals surface area contributed by atoms with Crippen LogP contribution in [0.4, 0.5) is 14.5 Å². The topological polar surface area (TPSA) is 90.4 Å². The molecule has 3 aromatic rings. The molecule has 9 heteroatoms. The highest BCUT2D eigenvalue weighted by Crippen LogP contribution is 2.21. The second kappa shape index (κ2) is 6.49. The number of halogens is 2. The Labute approximate surface area is 134 Å². The number of ether oxygens (including phenoxy) is 1. The Kier molecular flexibility index (Phi) is 4.23. The number of nitrogens with zero attached hydrogens (tertiary/aromatic N) is 2. The molecule has 24 heavy (non-hydrogen) atoms. The third-order valence-corrected chi connectivity index (χ3v) is 3.10. The number of benzene rings is 1. The summed E-state index contributed by atoms with van der Waals surface area (Å²) in [5.74, 6) is -1.97. The number of nitrogens with one attached hydrogen (secondary N) is 1. The lowest BCUT2D eigenvalue weighted by Crippen LogP contribution is -2.08. The van der Waals surface area contributed by atoms with Crippen LogP contribution in [0.15, 0.2) is 39.5 Å². The van der Waals surface area contributed by atoms with Crippen LogP contribution in [0.25, 0.3) is 11.6 Å². The van der Waals surface area contributed by atoms with Crippen LogP contribution in [-0.4, -0.2) is 23.2 Å². The molecule has 0 saturated carbocycles. The average Bonchev–Trinajstić information content (AvgIpc) is 3.24. The molecule has 1 N–H and O–H groups in total. The molecular formula is C15H11F2N3O4. The maximum Gasteiger partial charge on any atom is 0.340 e. The van der Waals surface area contributed by atoms with E-state index >= 15 is 0 Å². The molecule has 0 amide bonds. The fraction of sp³-hybridized carbons (Fsp3) is 0.133. The zero-order valence-electron chi connectivity index (χ0n) is 12.4. The summed E-state index contributed by atoms with van der Waals surface area (Å²) < 4.78 is 41.9. The first-order valence-corrected chi connectivity index (χ1v) is 6.76. The van der Waals surface area contributed by atoms with Gasteiger partial charge in [0.05, 0.1) is 31.2 Å². The maximum atomic E-state index is 13.8. The van der Waals surface area contributed by atoms with Gasteiger partial charge in [0, 0.05) is 6.07 Å². The number of aromatic nitrogens is 2. The van der Waals surface area contributed by atoms with Gasteiger partial charge in [0.25, 0.3) is 0 Å². The number of hydrogen-bond donors (Lipinski definition) is 1. The fourth-order valence-corrected chi connectivity index (χ4v) is 1.95. The van der Waals surface area contributed by atoms with Gasteiger partial charge in [-0.25, -0.2) is 13.6 Å². The summed E-state index contributed by atoms with van der Waals surface area (Å²) in [4.78, 5) is 15.5. The van der Waals surface area contributed by atoms with Crippen molar-refractivity contribution in [2.75, 3.05) is 12.4 Å². The van der Waals surface area contributed by atoms with Crippen LogP contribution >= 0.6 is 0 Å². The van der Waals surface area contributed by atoms with E-state index in [-0.39, 0.29) is 29.5 Å². The van der Waals surface area contributed by atoms with Crippen LogP contribution in [0, 0.1) is 11.6 Å². The average molecular weight is 335 g/mol. The third kappa shape index (κ3) is 3.09. The number of furan rings is 1. The summed E-state index contributed by atoms with van der Waals surface area (Å²) >= 11 is 0. The summed E-state index contributed by atoms with van der Waals surface area (Å²) in [6.07, 6.45) is 1.46. The van der Waals surface area contributed by atoms with Crippen molar-refractivity contribution < 1.29 is 27.3 Å². The second-order valence-corrected chi connectivity index (χ2v) is 4.65. The van der Waals surface area contributed by atoms with E-state index in [1.807, 2.05) is 0 Å². The van der Waals surface area contributed by atoms with Crippen LogP contribution in [-0.2, 0) is 11.3 Å². The minimum absolute atomic E-state index is 0.0309. The summed E-state index contributed by atoms with van der Waals surface area (Å²) in [6.45, 7) is -0.0309. The molecule has 0 aliphatic rings. The molecule has 0 fully saturated rings. The third-order valence-electron chi connectivity index (χ3n) is 3.10. The Bertz CT molecular complexity index is 862. The quantitative estimate of drug-likeness (QED) is 0.717. The predicted octanol–water partition coefficient (Wildman–Crippen LogP) is 3.01. The summed E-state index contributed by atoms with van der Waals surface area (Å²) in [7, 11) is 1.10. The van der Waals surface area contributed by atoms with E-state index in [1.165, 1.54) is 6.26 Å². The molecule has 2 aromatic heterocycles. The lowest BCUT2D eigenvalue weighted by molar-refractivity contribution is 0.0595. The zero-order valence-corrected chi connectivity index (χ0v) is 12.4. The second-order valence-electron chi connectivity index (χ2n) is 4.65. The van der Waals surface area contributed by atoms with Gasteiger partial charge < -0.3 is 19.0 Å².